The van der Waals surface area contributed by atoms with E-state index in [2.05, 4.69) is 27.8 Å². The largest absolute Gasteiger partial charge is 0.313 e. The van der Waals surface area contributed by atoms with Crippen LogP contribution in [0.15, 0.2) is 27.6 Å². The van der Waals surface area contributed by atoms with Gasteiger partial charge in [0.15, 0.2) is 0 Å². The van der Waals surface area contributed by atoms with Crippen LogP contribution < -0.4 is 10.9 Å². The van der Waals surface area contributed by atoms with Gasteiger partial charge in [0.1, 0.15) is 0 Å². The van der Waals surface area contributed by atoms with E-state index >= 15 is 0 Å². The second kappa shape index (κ2) is 6.63. The Hall–Kier alpha value is -1.47. The first-order valence-corrected chi connectivity index (χ1v) is 6.59. The molecule has 1 aromatic rings. The summed E-state index contributed by atoms with van der Waals surface area (Å²) in [7, 11) is 0. The number of rotatable bonds is 6. The van der Waals surface area contributed by atoms with Crippen molar-refractivity contribution in [2.45, 2.75) is 20.4 Å². The molecule has 6 nitrogen and oxygen atoms in total. The van der Waals surface area contributed by atoms with Gasteiger partial charge in [0.2, 0.25) is 0 Å². The highest BCUT2D eigenvalue weighted by Crippen LogP contribution is 2.22. The van der Waals surface area contributed by atoms with Crippen molar-refractivity contribution in [1.82, 2.24) is 9.88 Å². The third-order valence-electron chi connectivity index (χ3n) is 2.66. The number of hydrogen-bond acceptors (Lipinski definition) is 4. The smallest absolute Gasteiger partial charge is 0.289 e. The molecule has 104 valence electrons. The van der Waals surface area contributed by atoms with Gasteiger partial charge in [0, 0.05) is 18.7 Å². The number of halogens is 1. The monoisotopic (exact) mass is 329 g/mol. The van der Waals surface area contributed by atoms with Crippen LogP contribution in [0.3, 0.4) is 0 Å². The molecule has 1 heterocycles. The topological polar surface area (TPSA) is 77.2 Å². The van der Waals surface area contributed by atoms with Gasteiger partial charge in [-0.2, -0.15) is 0 Å². The molecule has 0 atom stereocenters. The zero-order valence-corrected chi connectivity index (χ0v) is 12.5. The SMILES string of the molecule is C=C(CNCC)Cn1cc([N+](=O)[O-])c(C)c(Br)c1=O. The number of likely N-dealkylation sites (N-methyl/N-ethyl adjacent to an activating group) is 1. The fourth-order valence-electron chi connectivity index (χ4n) is 1.60. The van der Waals surface area contributed by atoms with Gasteiger partial charge in [0.25, 0.3) is 11.2 Å². The lowest BCUT2D eigenvalue weighted by Crippen LogP contribution is -2.25. The average molecular weight is 330 g/mol. The Morgan fingerprint density at radius 3 is 2.79 bits per heavy atom. The van der Waals surface area contributed by atoms with Crippen molar-refractivity contribution in [2.75, 3.05) is 13.1 Å². The number of nitrogens with zero attached hydrogens (tertiary/aromatic N) is 2. The molecule has 0 fully saturated rings. The lowest BCUT2D eigenvalue weighted by atomic mass is 10.2. The highest BCUT2D eigenvalue weighted by molar-refractivity contribution is 9.10. The van der Waals surface area contributed by atoms with E-state index in [-0.39, 0.29) is 22.3 Å². The predicted molar refractivity (Wildman–Crippen MR) is 77.5 cm³/mol. The molecule has 1 N–H and O–H groups in total. The van der Waals surface area contributed by atoms with Crippen molar-refractivity contribution in [3.8, 4) is 0 Å². The van der Waals surface area contributed by atoms with Crippen LogP contribution in [-0.4, -0.2) is 22.6 Å². The minimum absolute atomic E-state index is 0.0808. The summed E-state index contributed by atoms with van der Waals surface area (Å²) in [5.41, 5.74) is 0.751. The second-order valence-electron chi connectivity index (χ2n) is 4.17. The van der Waals surface area contributed by atoms with Crippen LogP contribution >= 0.6 is 15.9 Å². The molecular weight excluding hydrogens is 314 g/mol. The summed E-state index contributed by atoms with van der Waals surface area (Å²) in [6.45, 7) is 8.98. The van der Waals surface area contributed by atoms with E-state index in [1.807, 2.05) is 6.92 Å². The van der Waals surface area contributed by atoms with Crippen LogP contribution in [0, 0.1) is 17.0 Å². The van der Waals surface area contributed by atoms with Crippen LogP contribution in [-0.2, 0) is 6.54 Å². The number of nitrogens with one attached hydrogen (secondary N) is 1. The first-order valence-electron chi connectivity index (χ1n) is 5.79. The van der Waals surface area contributed by atoms with Crippen molar-refractivity contribution in [1.29, 1.82) is 0 Å². The summed E-state index contributed by atoms with van der Waals surface area (Å²) in [5, 5.41) is 14.0. The molecule has 0 radical (unpaired) electrons. The third kappa shape index (κ3) is 3.74. The molecule has 19 heavy (non-hydrogen) atoms. The van der Waals surface area contributed by atoms with Crippen molar-refractivity contribution in [3.63, 3.8) is 0 Å². The van der Waals surface area contributed by atoms with E-state index in [1.165, 1.54) is 10.8 Å². The van der Waals surface area contributed by atoms with E-state index < -0.39 is 4.92 Å². The van der Waals surface area contributed by atoms with Gasteiger partial charge in [-0.3, -0.25) is 14.9 Å². The zero-order chi connectivity index (χ0) is 14.6. The summed E-state index contributed by atoms with van der Waals surface area (Å²) in [5.74, 6) is 0. The maximum absolute atomic E-state index is 12.0. The highest BCUT2D eigenvalue weighted by atomic mass is 79.9. The predicted octanol–water partition coefficient (Wildman–Crippen LogP) is 1.99. The molecule has 0 amide bonds. The minimum atomic E-state index is -0.497. The standard InChI is InChI=1S/C12H16BrN3O3/c1-4-14-5-8(2)6-15-7-10(16(18)19)9(3)11(13)12(15)17/h7,14H,2,4-6H2,1,3H3. The average Bonchev–Trinajstić information content (AvgIpc) is 2.36. The van der Waals surface area contributed by atoms with Crippen LogP contribution in [0.5, 0.6) is 0 Å². The maximum Gasteiger partial charge on any atom is 0.289 e. The zero-order valence-electron chi connectivity index (χ0n) is 10.9. The highest BCUT2D eigenvalue weighted by Gasteiger charge is 2.18. The van der Waals surface area contributed by atoms with Crippen molar-refractivity contribution < 1.29 is 4.92 Å². The Morgan fingerprint density at radius 2 is 2.26 bits per heavy atom. The van der Waals surface area contributed by atoms with Crippen molar-refractivity contribution >= 4 is 21.6 Å². The van der Waals surface area contributed by atoms with Gasteiger partial charge in [-0.15, -0.1) is 0 Å². The molecular formula is C12H16BrN3O3. The molecule has 0 aromatic carbocycles. The molecule has 0 unspecified atom stereocenters. The van der Waals surface area contributed by atoms with Gasteiger partial charge < -0.3 is 9.88 Å². The van der Waals surface area contributed by atoms with Crippen LogP contribution in [0.2, 0.25) is 0 Å². The summed E-state index contributed by atoms with van der Waals surface area (Å²) in [4.78, 5) is 22.4. The summed E-state index contributed by atoms with van der Waals surface area (Å²) < 4.78 is 1.52. The Kier molecular flexibility index (Phi) is 5.44. The number of hydrogen-bond donors (Lipinski definition) is 1. The minimum Gasteiger partial charge on any atom is -0.313 e. The van der Waals surface area contributed by atoms with Crippen molar-refractivity contribution in [3.05, 3.63) is 48.9 Å². The lowest BCUT2D eigenvalue weighted by molar-refractivity contribution is -0.386. The fraction of sp³-hybridized carbons (Fsp3) is 0.417. The van der Waals surface area contributed by atoms with Gasteiger partial charge >= 0.3 is 0 Å². The molecule has 0 bridgehead atoms. The van der Waals surface area contributed by atoms with Gasteiger partial charge in [-0.05, 0) is 35.0 Å². The number of pyridine rings is 1. The first-order chi connectivity index (χ1) is 8.88. The van der Waals surface area contributed by atoms with E-state index in [0.717, 1.165) is 12.1 Å². The Balaban J connectivity index is 3.11. The summed E-state index contributed by atoms with van der Waals surface area (Å²) in [6.07, 6.45) is 1.26. The molecule has 1 rings (SSSR count). The van der Waals surface area contributed by atoms with Crippen molar-refractivity contribution in [2.24, 2.45) is 0 Å². The second-order valence-corrected chi connectivity index (χ2v) is 4.97. The quantitative estimate of drug-likeness (QED) is 0.492. The van der Waals surface area contributed by atoms with E-state index in [9.17, 15) is 14.9 Å². The van der Waals surface area contributed by atoms with E-state index in [0.29, 0.717) is 12.1 Å². The summed E-state index contributed by atoms with van der Waals surface area (Å²) >= 11 is 3.11. The van der Waals surface area contributed by atoms with Gasteiger partial charge in [-0.25, -0.2) is 0 Å². The first kappa shape index (κ1) is 15.6. The van der Waals surface area contributed by atoms with Crippen LogP contribution in [0.1, 0.15) is 12.5 Å². The molecule has 0 aliphatic rings. The fourth-order valence-corrected chi connectivity index (χ4v) is 2.03. The Bertz CT molecular complexity index is 566. The third-order valence-corrected chi connectivity index (χ3v) is 3.59. The van der Waals surface area contributed by atoms with E-state index in [1.54, 1.807) is 6.92 Å². The maximum atomic E-state index is 12.0. The molecule has 7 heteroatoms. The molecule has 0 aliphatic carbocycles. The normalized spacial score (nSPS) is 10.5. The van der Waals surface area contributed by atoms with Gasteiger partial charge in [0.05, 0.1) is 15.6 Å². The number of aromatic nitrogens is 1. The van der Waals surface area contributed by atoms with Gasteiger partial charge in [-0.1, -0.05) is 13.5 Å². The molecule has 0 spiro atoms. The van der Waals surface area contributed by atoms with Crippen LogP contribution in [0.25, 0.3) is 0 Å². The number of nitro groups is 1. The summed E-state index contributed by atoms with van der Waals surface area (Å²) in [6, 6.07) is 0. The Labute approximate surface area is 119 Å². The molecule has 0 saturated heterocycles. The Morgan fingerprint density at radius 1 is 1.63 bits per heavy atom. The molecule has 1 aromatic heterocycles. The molecule has 0 aliphatic heterocycles. The van der Waals surface area contributed by atoms with E-state index in [4.69, 9.17) is 0 Å². The molecule has 0 saturated carbocycles. The lowest BCUT2D eigenvalue weighted by Gasteiger charge is -2.10. The van der Waals surface area contributed by atoms with Crippen LogP contribution in [0.4, 0.5) is 5.69 Å².